The van der Waals surface area contributed by atoms with Crippen molar-refractivity contribution in [1.82, 2.24) is 4.90 Å². The zero-order chi connectivity index (χ0) is 10.7. The van der Waals surface area contributed by atoms with E-state index in [1.807, 2.05) is 0 Å². The van der Waals surface area contributed by atoms with Crippen LogP contribution in [-0.2, 0) is 9.59 Å². The van der Waals surface area contributed by atoms with Gasteiger partial charge < -0.3 is 10.0 Å². The minimum Gasteiger partial charge on any atom is -0.481 e. The van der Waals surface area contributed by atoms with Crippen molar-refractivity contribution in [3.63, 3.8) is 0 Å². The van der Waals surface area contributed by atoms with Gasteiger partial charge in [-0.15, -0.1) is 0 Å². The lowest BCUT2D eigenvalue weighted by Gasteiger charge is -2.29. The Balaban J connectivity index is 2.72. The smallest absolute Gasteiger partial charge is 0.307 e. The molecule has 1 rings (SSSR count). The molecule has 0 aromatic carbocycles. The third kappa shape index (κ3) is 2.25. The topological polar surface area (TPSA) is 57.6 Å². The molecule has 0 radical (unpaired) electrons. The van der Waals surface area contributed by atoms with Crippen LogP contribution in [0.15, 0.2) is 0 Å². The summed E-state index contributed by atoms with van der Waals surface area (Å²) in [4.78, 5) is 24.1. The molecule has 1 saturated carbocycles. The van der Waals surface area contributed by atoms with E-state index in [2.05, 4.69) is 0 Å². The van der Waals surface area contributed by atoms with Gasteiger partial charge in [0.25, 0.3) is 0 Å². The Hall–Kier alpha value is -1.06. The Labute approximate surface area is 83.9 Å². The molecule has 0 spiro atoms. The van der Waals surface area contributed by atoms with Gasteiger partial charge in [0, 0.05) is 14.1 Å². The number of carboxylic acids is 1. The summed E-state index contributed by atoms with van der Waals surface area (Å²) in [6.07, 6.45) is 3.25. The molecule has 0 unspecified atom stereocenters. The van der Waals surface area contributed by atoms with E-state index in [9.17, 15) is 9.59 Å². The molecule has 1 aliphatic carbocycles. The molecule has 2 atom stereocenters. The highest BCUT2D eigenvalue weighted by Crippen LogP contribution is 2.31. The monoisotopic (exact) mass is 199 g/mol. The molecule has 4 nitrogen and oxygen atoms in total. The number of rotatable bonds is 2. The van der Waals surface area contributed by atoms with E-state index in [0.717, 1.165) is 12.8 Å². The van der Waals surface area contributed by atoms with Crippen LogP contribution in [-0.4, -0.2) is 36.0 Å². The van der Waals surface area contributed by atoms with Crippen LogP contribution in [0.3, 0.4) is 0 Å². The quantitative estimate of drug-likeness (QED) is 0.720. The van der Waals surface area contributed by atoms with Crippen molar-refractivity contribution in [3.8, 4) is 0 Å². The van der Waals surface area contributed by atoms with Gasteiger partial charge in [-0.05, 0) is 12.8 Å². The second kappa shape index (κ2) is 4.44. The zero-order valence-corrected chi connectivity index (χ0v) is 8.69. The van der Waals surface area contributed by atoms with Gasteiger partial charge in [0.2, 0.25) is 5.91 Å². The van der Waals surface area contributed by atoms with Crippen molar-refractivity contribution >= 4 is 11.9 Å². The molecular formula is C10H17NO3. The van der Waals surface area contributed by atoms with E-state index in [1.165, 1.54) is 4.90 Å². The summed E-state index contributed by atoms with van der Waals surface area (Å²) in [7, 11) is 3.35. The standard InChI is InChI=1S/C10H17NO3/c1-11(2)9(12)7-5-3-4-6-8(7)10(13)14/h7-8H,3-6H2,1-2H3,(H,13,14)/t7-,8+/m1/s1. The highest BCUT2D eigenvalue weighted by molar-refractivity contribution is 5.84. The van der Waals surface area contributed by atoms with Crippen LogP contribution in [0.5, 0.6) is 0 Å². The van der Waals surface area contributed by atoms with Crippen LogP contribution in [0.25, 0.3) is 0 Å². The number of amides is 1. The van der Waals surface area contributed by atoms with Crippen LogP contribution >= 0.6 is 0 Å². The summed E-state index contributed by atoms with van der Waals surface area (Å²) in [5, 5.41) is 8.97. The lowest BCUT2D eigenvalue weighted by Crippen LogP contribution is -2.39. The van der Waals surface area contributed by atoms with Crippen LogP contribution in [0.2, 0.25) is 0 Å². The number of nitrogens with zero attached hydrogens (tertiary/aromatic N) is 1. The SMILES string of the molecule is CN(C)C(=O)[C@@H]1CCCC[C@@H]1C(=O)O. The highest BCUT2D eigenvalue weighted by Gasteiger charge is 2.36. The highest BCUT2D eigenvalue weighted by atomic mass is 16.4. The van der Waals surface area contributed by atoms with Crippen LogP contribution in [0.4, 0.5) is 0 Å². The van der Waals surface area contributed by atoms with E-state index in [4.69, 9.17) is 5.11 Å². The lowest BCUT2D eigenvalue weighted by atomic mass is 9.78. The summed E-state index contributed by atoms with van der Waals surface area (Å²) in [5.41, 5.74) is 0. The van der Waals surface area contributed by atoms with Gasteiger partial charge in [-0.3, -0.25) is 9.59 Å². The molecule has 1 amide bonds. The fourth-order valence-corrected chi connectivity index (χ4v) is 2.05. The second-order valence-corrected chi connectivity index (χ2v) is 4.07. The van der Waals surface area contributed by atoms with Gasteiger partial charge in [-0.2, -0.15) is 0 Å². The van der Waals surface area contributed by atoms with Gasteiger partial charge in [-0.25, -0.2) is 0 Å². The Morgan fingerprint density at radius 2 is 1.64 bits per heavy atom. The Morgan fingerprint density at radius 1 is 1.14 bits per heavy atom. The maximum Gasteiger partial charge on any atom is 0.307 e. The third-order valence-electron chi connectivity index (χ3n) is 2.84. The van der Waals surface area contributed by atoms with E-state index in [-0.39, 0.29) is 11.8 Å². The average molecular weight is 199 g/mol. The maximum absolute atomic E-state index is 11.7. The maximum atomic E-state index is 11.7. The van der Waals surface area contributed by atoms with Crippen LogP contribution in [0.1, 0.15) is 25.7 Å². The number of carboxylic acid groups (broad SMARTS) is 1. The molecular weight excluding hydrogens is 182 g/mol. The Bertz CT molecular complexity index is 238. The first-order chi connectivity index (χ1) is 6.54. The van der Waals surface area contributed by atoms with Crippen molar-refractivity contribution in [2.24, 2.45) is 11.8 Å². The Kier molecular flexibility index (Phi) is 3.49. The molecule has 0 aromatic rings. The molecule has 1 fully saturated rings. The average Bonchev–Trinajstić information content (AvgIpc) is 2.16. The zero-order valence-electron chi connectivity index (χ0n) is 8.69. The summed E-state index contributed by atoms with van der Waals surface area (Å²) in [6, 6.07) is 0. The second-order valence-electron chi connectivity index (χ2n) is 4.07. The molecule has 80 valence electrons. The van der Waals surface area contributed by atoms with Crippen molar-refractivity contribution in [2.75, 3.05) is 14.1 Å². The van der Waals surface area contributed by atoms with Crippen molar-refractivity contribution in [3.05, 3.63) is 0 Å². The molecule has 0 bridgehead atoms. The number of aliphatic carboxylic acids is 1. The van der Waals surface area contributed by atoms with Crippen molar-refractivity contribution in [2.45, 2.75) is 25.7 Å². The van der Waals surface area contributed by atoms with Gasteiger partial charge in [0.05, 0.1) is 11.8 Å². The van der Waals surface area contributed by atoms with Crippen LogP contribution < -0.4 is 0 Å². The van der Waals surface area contributed by atoms with Gasteiger partial charge in [0.1, 0.15) is 0 Å². The summed E-state index contributed by atoms with van der Waals surface area (Å²) in [6.45, 7) is 0. The molecule has 0 aliphatic heterocycles. The number of carbonyl (C=O) groups is 2. The molecule has 1 N–H and O–H groups in total. The summed E-state index contributed by atoms with van der Waals surface area (Å²) >= 11 is 0. The first kappa shape index (κ1) is 11.0. The molecule has 4 heteroatoms. The molecule has 1 aliphatic rings. The number of hydrogen-bond donors (Lipinski definition) is 1. The van der Waals surface area contributed by atoms with E-state index >= 15 is 0 Å². The van der Waals surface area contributed by atoms with Crippen LogP contribution in [0, 0.1) is 11.8 Å². The fraction of sp³-hybridized carbons (Fsp3) is 0.800. The number of hydrogen-bond acceptors (Lipinski definition) is 2. The molecule has 0 aromatic heterocycles. The fourth-order valence-electron chi connectivity index (χ4n) is 2.05. The third-order valence-corrected chi connectivity index (χ3v) is 2.84. The predicted molar refractivity (Wildman–Crippen MR) is 51.8 cm³/mol. The first-order valence-corrected chi connectivity index (χ1v) is 4.98. The van der Waals surface area contributed by atoms with Gasteiger partial charge >= 0.3 is 5.97 Å². The van der Waals surface area contributed by atoms with Crippen molar-refractivity contribution < 1.29 is 14.7 Å². The predicted octanol–water partition coefficient (Wildman–Crippen LogP) is 0.966. The first-order valence-electron chi connectivity index (χ1n) is 4.98. The van der Waals surface area contributed by atoms with Gasteiger partial charge in [-0.1, -0.05) is 12.8 Å². The normalized spacial score (nSPS) is 27.0. The molecule has 0 heterocycles. The number of carbonyl (C=O) groups excluding carboxylic acids is 1. The molecule has 14 heavy (non-hydrogen) atoms. The molecule has 0 saturated heterocycles. The van der Waals surface area contributed by atoms with Crippen molar-refractivity contribution in [1.29, 1.82) is 0 Å². The summed E-state index contributed by atoms with van der Waals surface area (Å²) < 4.78 is 0. The minimum absolute atomic E-state index is 0.0444. The lowest BCUT2D eigenvalue weighted by molar-refractivity contribution is -0.151. The summed E-state index contributed by atoms with van der Waals surface area (Å²) in [5.74, 6) is -1.66. The van der Waals surface area contributed by atoms with Gasteiger partial charge in [0.15, 0.2) is 0 Å². The van der Waals surface area contributed by atoms with E-state index < -0.39 is 11.9 Å². The van der Waals surface area contributed by atoms with E-state index in [1.54, 1.807) is 14.1 Å². The Morgan fingerprint density at radius 3 is 2.07 bits per heavy atom. The minimum atomic E-state index is -0.829. The van der Waals surface area contributed by atoms with E-state index in [0.29, 0.717) is 12.8 Å². The largest absolute Gasteiger partial charge is 0.481 e.